The minimum atomic E-state index is -1.08. The maximum Gasteiger partial charge on any atom is 0.171 e. The van der Waals surface area contributed by atoms with Crippen molar-refractivity contribution in [2.75, 3.05) is 12.9 Å². The topological polar surface area (TPSA) is 44.1 Å². The van der Waals surface area contributed by atoms with Crippen LogP contribution in [0.3, 0.4) is 0 Å². The Labute approximate surface area is 118 Å². The van der Waals surface area contributed by atoms with Crippen LogP contribution in [0.25, 0.3) is 0 Å². The third-order valence-corrected chi connectivity index (χ3v) is 5.10. The SMILES string of the molecule is CSc1nc(Cl)c(C=O)n1COCC[Si](C)(C)C. The Morgan fingerprint density at radius 1 is 1.50 bits per heavy atom. The van der Waals surface area contributed by atoms with E-state index in [4.69, 9.17) is 16.3 Å². The Bertz CT molecular complexity index is 418. The van der Waals surface area contributed by atoms with Crippen molar-refractivity contribution in [2.24, 2.45) is 0 Å². The molecule has 0 aliphatic carbocycles. The fourth-order valence-corrected chi connectivity index (χ4v) is 2.93. The highest BCUT2D eigenvalue weighted by molar-refractivity contribution is 7.98. The largest absolute Gasteiger partial charge is 0.361 e. The Balaban J connectivity index is 2.63. The van der Waals surface area contributed by atoms with Crippen LogP contribution in [-0.4, -0.2) is 36.8 Å². The molecule has 0 fully saturated rings. The van der Waals surface area contributed by atoms with Crippen molar-refractivity contribution in [1.29, 1.82) is 0 Å². The molecular formula is C11H19ClN2O2SSi. The van der Waals surface area contributed by atoms with Crippen LogP contribution < -0.4 is 0 Å². The molecule has 0 saturated carbocycles. The zero-order valence-corrected chi connectivity index (χ0v) is 13.8. The highest BCUT2D eigenvalue weighted by Crippen LogP contribution is 2.22. The summed E-state index contributed by atoms with van der Waals surface area (Å²) in [7, 11) is -1.08. The Kier molecular flexibility index (Phi) is 5.90. The van der Waals surface area contributed by atoms with Crippen LogP contribution in [0.1, 0.15) is 10.5 Å². The van der Waals surface area contributed by atoms with E-state index in [9.17, 15) is 4.79 Å². The van der Waals surface area contributed by atoms with Crippen LogP contribution in [0.4, 0.5) is 0 Å². The van der Waals surface area contributed by atoms with Crippen LogP contribution in [0.15, 0.2) is 5.16 Å². The van der Waals surface area contributed by atoms with Crippen LogP contribution >= 0.6 is 23.4 Å². The van der Waals surface area contributed by atoms with E-state index in [1.807, 2.05) is 6.26 Å². The third kappa shape index (κ3) is 4.42. The number of thioether (sulfide) groups is 1. The van der Waals surface area contributed by atoms with Crippen molar-refractivity contribution < 1.29 is 9.53 Å². The maximum atomic E-state index is 11.0. The number of imidazole rings is 1. The lowest BCUT2D eigenvalue weighted by molar-refractivity contribution is 0.0781. The van der Waals surface area contributed by atoms with Crippen LogP contribution in [0, 0.1) is 0 Å². The molecular weight excluding hydrogens is 288 g/mol. The average molecular weight is 307 g/mol. The van der Waals surface area contributed by atoms with Gasteiger partial charge in [-0.2, -0.15) is 0 Å². The molecule has 0 saturated heterocycles. The first kappa shape index (κ1) is 15.8. The van der Waals surface area contributed by atoms with Crippen molar-refractivity contribution in [3.8, 4) is 0 Å². The van der Waals surface area contributed by atoms with Gasteiger partial charge in [0.05, 0.1) is 0 Å². The summed E-state index contributed by atoms with van der Waals surface area (Å²) < 4.78 is 7.33. The van der Waals surface area contributed by atoms with Crippen LogP contribution in [0.2, 0.25) is 30.8 Å². The van der Waals surface area contributed by atoms with E-state index in [1.54, 1.807) is 4.57 Å². The second-order valence-corrected chi connectivity index (χ2v) is 11.9. The first-order valence-electron chi connectivity index (χ1n) is 5.72. The number of ether oxygens (including phenoxy) is 1. The molecule has 0 radical (unpaired) electrons. The first-order chi connectivity index (χ1) is 8.39. The lowest BCUT2D eigenvalue weighted by Crippen LogP contribution is -2.22. The molecule has 1 aromatic heterocycles. The summed E-state index contributed by atoms with van der Waals surface area (Å²) in [6.45, 7) is 7.93. The van der Waals surface area contributed by atoms with E-state index in [0.29, 0.717) is 24.2 Å². The Morgan fingerprint density at radius 2 is 2.17 bits per heavy atom. The summed E-state index contributed by atoms with van der Waals surface area (Å²) in [4.78, 5) is 15.1. The van der Waals surface area contributed by atoms with Gasteiger partial charge in [-0.15, -0.1) is 0 Å². The molecule has 102 valence electrons. The molecule has 1 heterocycles. The van der Waals surface area contributed by atoms with Gasteiger partial charge in [0.1, 0.15) is 12.4 Å². The number of carbonyl (C=O) groups excluding carboxylic acids is 1. The van der Waals surface area contributed by atoms with E-state index in [-0.39, 0.29) is 5.15 Å². The molecule has 0 N–H and O–H groups in total. The zero-order valence-electron chi connectivity index (χ0n) is 11.2. The summed E-state index contributed by atoms with van der Waals surface area (Å²) in [5.41, 5.74) is 0.383. The summed E-state index contributed by atoms with van der Waals surface area (Å²) in [5, 5.41) is 0.943. The molecule has 18 heavy (non-hydrogen) atoms. The molecule has 0 aliphatic rings. The van der Waals surface area contributed by atoms with Crippen molar-refractivity contribution in [2.45, 2.75) is 37.6 Å². The van der Waals surface area contributed by atoms with E-state index in [0.717, 1.165) is 12.3 Å². The summed E-state index contributed by atoms with van der Waals surface area (Å²) in [6.07, 6.45) is 2.61. The van der Waals surface area contributed by atoms with Crippen molar-refractivity contribution >= 4 is 37.7 Å². The normalized spacial score (nSPS) is 11.8. The number of nitrogens with zero attached hydrogens (tertiary/aromatic N) is 2. The fraction of sp³-hybridized carbons (Fsp3) is 0.636. The lowest BCUT2D eigenvalue weighted by Gasteiger charge is -2.16. The average Bonchev–Trinajstić information content (AvgIpc) is 2.59. The number of halogens is 1. The van der Waals surface area contributed by atoms with Gasteiger partial charge in [0.2, 0.25) is 0 Å². The molecule has 4 nitrogen and oxygen atoms in total. The number of hydrogen-bond donors (Lipinski definition) is 0. The zero-order chi connectivity index (χ0) is 13.8. The molecule has 0 spiro atoms. The molecule has 0 unspecified atom stereocenters. The Morgan fingerprint density at radius 3 is 2.67 bits per heavy atom. The van der Waals surface area contributed by atoms with Gasteiger partial charge in [-0.1, -0.05) is 43.0 Å². The van der Waals surface area contributed by atoms with Crippen molar-refractivity contribution in [1.82, 2.24) is 9.55 Å². The van der Waals surface area contributed by atoms with Gasteiger partial charge in [-0.25, -0.2) is 4.98 Å². The minimum absolute atomic E-state index is 0.239. The standard InChI is InChI=1S/C11H19ClN2O2SSi/c1-17-11-13-10(12)9(7-15)14(11)8-16-5-6-18(2,3)4/h7H,5-6,8H2,1-4H3. The number of rotatable bonds is 7. The second kappa shape index (κ2) is 6.74. The smallest absolute Gasteiger partial charge is 0.171 e. The van der Waals surface area contributed by atoms with Crippen molar-refractivity contribution in [3.05, 3.63) is 10.8 Å². The van der Waals surface area contributed by atoms with Gasteiger partial charge in [0, 0.05) is 14.7 Å². The lowest BCUT2D eigenvalue weighted by atomic mass is 10.5. The first-order valence-corrected chi connectivity index (χ1v) is 11.0. The van der Waals surface area contributed by atoms with Gasteiger partial charge in [-0.3, -0.25) is 9.36 Å². The summed E-state index contributed by atoms with van der Waals surface area (Å²) in [5.74, 6) is 0. The maximum absolute atomic E-state index is 11.0. The molecule has 7 heteroatoms. The number of aldehydes is 1. The summed E-state index contributed by atoms with van der Waals surface area (Å²) in [6, 6.07) is 1.10. The van der Waals surface area contributed by atoms with Crippen LogP contribution in [0.5, 0.6) is 0 Å². The van der Waals surface area contributed by atoms with Gasteiger partial charge in [0.15, 0.2) is 16.6 Å². The van der Waals surface area contributed by atoms with Gasteiger partial charge in [0.25, 0.3) is 0 Å². The molecule has 1 aromatic rings. The van der Waals surface area contributed by atoms with E-state index >= 15 is 0 Å². The highest BCUT2D eigenvalue weighted by Gasteiger charge is 2.16. The van der Waals surface area contributed by atoms with E-state index in [1.165, 1.54) is 11.8 Å². The number of aromatic nitrogens is 2. The molecule has 0 aromatic carbocycles. The molecule has 0 bridgehead atoms. The van der Waals surface area contributed by atoms with E-state index in [2.05, 4.69) is 24.6 Å². The second-order valence-electron chi connectivity index (χ2n) is 5.17. The number of carbonyl (C=O) groups is 1. The predicted octanol–water partition coefficient (Wildman–Crippen LogP) is 3.38. The van der Waals surface area contributed by atoms with Crippen LogP contribution in [-0.2, 0) is 11.5 Å². The number of hydrogen-bond acceptors (Lipinski definition) is 4. The minimum Gasteiger partial charge on any atom is -0.361 e. The van der Waals surface area contributed by atoms with Crippen molar-refractivity contribution in [3.63, 3.8) is 0 Å². The summed E-state index contributed by atoms with van der Waals surface area (Å²) >= 11 is 7.34. The molecule has 0 atom stereocenters. The Hall–Kier alpha value is -0.303. The monoisotopic (exact) mass is 306 g/mol. The molecule has 1 rings (SSSR count). The fourth-order valence-electron chi connectivity index (χ4n) is 1.34. The van der Waals surface area contributed by atoms with Gasteiger partial charge < -0.3 is 4.74 Å². The molecule has 0 amide bonds. The van der Waals surface area contributed by atoms with Gasteiger partial charge in [-0.05, 0) is 12.3 Å². The van der Waals surface area contributed by atoms with E-state index < -0.39 is 8.07 Å². The highest BCUT2D eigenvalue weighted by atomic mass is 35.5. The third-order valence-electron chi connectivity index (χ3n) is 2.44. The quantitative estimate of drug-likeness (QED) is 0.335. The predicted molar refractivity (Wildman–Crippen MR) is 78.5 cm³/mol. The molecule has 0 aliphatic heterocycles. The van der Waals surface area contributed by atoms with Gasteiger partial charge >= 0.3 is 0 Å².